The van der Waals surface area contributed by atoms with E-state index in [0.717, 1.165) is 9.87 Å². The lowest BCUT2D eigenvalue weighted by molar-refractivity contribution is 0.0697. The summed E-state index contributed by atoms with van der Waals surface area (Å²) in [6.45, 7) is 5.58. The summed E-state index contributed by atoms with van der Waals surface area (Å²) in [6, 6.07) is 17.6. The molecule has 3 rings (SSSR count). The van der Waals surface area contributed by atoms with Crippen LogP contribution in [0.15, 0.2) is 71.6 Å². The number of carboxylic acids is 1. The van der Waals surface area contributed by atoms with Crippen molar-refractivity contribution in [1.29, 1.82) is 0 Å². The van der Waals surface area contributed by atoms with Gasteiger partial charge >= 0.3 is 5.97 Å². The standard InChI is InChI=1S/C28H33FN2O5S/c1-19-11-12-20(13-26(19)29)16-28(2,3)30-17-24(32)18-31(4)37(35,36)25-10-6-8-22(15-25)21-7-5-9-23(14-21)27(33)34/h5-15,24,30,32H,16-18H2,1-4H3,(H,33,34)/t24-/m0/s1. The number of aliphatic hydroxyl groups is 1. The molecule has 9 heteroatoms. The first-order valence-electron chi connectivity index (χ1n) is 11.9. The maximum absolute atomic E-state index is 13.9. The predicted molar refractivity (Wildman–Crippen MR) is 142 cm³/mol. The first-order chi connectivity index (χ1) is 17.3. The molecule has 1 atom stereocenters. The zero-order valence-corrected chi connectivity index (χ0v) is 22.2. The molecule has 0 amide bonds. The average molecular weight is 529 g/mol. The van der Waals surface area contributed by atoms with Gasteiger partial charge in [-0.1, -0.05) is 36.4 Å². The molecule has 37 heavy (non-hydrogen) atoms. The number of aryl methyl sites for hydroxylation is 1. The summed E-state index contributed by atoms with van der Waals surface area (Å²) in [5.41, 5.74) is 2.19. The van der Waals surface area contributed by atoms with Gasteiger partial charge in [-0.2, -0.15) is 4.31 Å². The highest BCUT2D eigenvalue weighted by molar-refractivity contribution is 7.89. The Balaban J connectivity index is 1.65. The SMILES string of the molecule is Cc1ccc(CC(C)(C)NC[C@H](O)CN(C)S(=O)(=O)c2cccc(-c3cccc(C(=O)O)c3)c2)cc1F. The van der Waals surface area contributed by atoms with E-state index in [-0.39, 0.29) is 29.4 Å². The number of carboxylic acid groups (broad SMARTS) is 1. The molecule has 0 aliphatic rings. The van der Waals surface area contributed by atoms with E-state index in [1.165, 1.54) is 37.4 Å². The van der Waals surface area contributed by atoms with Crippen LogP contribution in [0.25, 0.3) is 11.1 Å². The summed E-state index contributed by atoms with van der Waals surface area (Å²) in [4.78, 5) is 11.3. The van der Waals surface area contributed by atoms with E-state index >= 15 is 0 Å². The number of nitrogens with one attached hydrogen (secondary N) is 1. The summed E-state index contributed by atoms with van der Waals surface area (Å²) in [6.07, 6.45) is -0.453. The van der Waals surface area contributed by atoms with Crippen LogP contribution in [-0.4, -0.2) is 60.7 Å². The van der Waals surface area contributed by atoms with E-state index in [1.807, 2.05) is 19.9 Å². The largest absolute Gasteiger partial charge is 0.478 e. The van der Waals surface area contributed by atoms with Crippen molar-refractivity contribution in [3.63, 3.8) is 0 Å². The first-order valence-corrected chi connectivity index (χ1v) is 13.3. The van der Waals surface area contributed by atoms with Crippen LogP contribution in [0, 0.1) is 12.7 Å². The Labute approximate surface area is 217 Å². The minimum absolute atomic E-state index is 0.0371. The zero-order chi connectivity index (χ0) is 27.4. The number of hydrogen-bond acceptors (Lipinski definition) is 5. The molecule has 0 aromatic heterocycles. The third-order valence-electron chi connectivity index (χ3n) is 6.15. The van der Waals surface area contributed by atoms with Crippen LogP contribution in [0.4, 0.5) is 4.39 Å². The average Bonchev–Trinajstić information content (AvgIpc) is 2.85. The number of nitrogens with zero attached hydrogens (tertiary/aromatic N) is 1. The Morgan fingerprint density at radius 1 is 1.05 bits per heavy atom. The van der Waals surface area contributed by atoms with Crippen LogP contribution in [-0.2, 0) is 16.4 Å². The minimum Gasteiger partial charge on any atom is -0.478 e. The van der Waals surface area contributed by atoms with Crippen molar-refractivity contribution in [2.24, 2.45) is 0 Å². The van der Waals surface area contributed by atoms with Gasteiger partial charge in [0.1, 0.15) is 5.82 Å². The van der Waals surface area contributed by atoms with Crippen LogP contribution in [0.3, 0.4) is 0 Å². The summed E-state index contributed by atoms with van der Waals surface area (Å²) in [7, 11) is -2.52. The Morgan fingerprint density at radius 3 is 2.35 bits per heavy atom. The molecule has 0 aliphatic heterocycles. The number of aliphatic hydroxyl groups excluding tert-OH is 1. The van der Waals surface area contributed by atoms with Gasteiger partial charge in [-0.05, 0) is 79.8 Å². The van der Waals surface area contributed by atoms with Crippen LogP contribution >= 0.6 is 0 Å². The lowest BCUT2D eigenvalue weighted by atomic mass is 9.94. The first kappa shape index (κ1) is 28.5. The number of halogens is 1. The molecular weight excluding hydrogens is 495 g/mol. The maximum atomic E-state index is 13.9. The third-order valence-corrected chi connectivity index (χ3v) is 7.97. The molecule has 0 unspecified atom stereocenters. The molecule has 7 nitrogen and oxygen atoms in total. The Hall–Kier alpha value is -3.11. The number of carbonyl (C=O) groups is 1. The van der Waals surface area contributed by atoms with Gasteiger partial charge in [-0.15, -0.1) is 0 Å². The van der Waals surface area contributed by atoms with Crippen LogP contribution < -0.4 is 5.32 Å². The molecule has 3 aromatic carbocycles. The van der Waals surface area contributed by atoms with Gasteiger partial charge in [0.05, 0.1) is 16.6 Å². The summed E-state index contributed by atoms with van der Waals surface area (Å²) in [5, 5.41) is 23.1. The molecule has 0 bridgehead atoms. The topological polar surface area (TPSA) is 107 Å². The third kappa shape index (κ3) is 7.45. The molecule has 3 N–H and O–H groups in total. The molecule has 3 aromatic rings. The maximum Gasteiger partial charge on any atom is 0.335 e. The van der Waals surface area contributed by atoms with Gasteiger partial charge in [-0.3, -0.25) is 0 Å². The molecule has 0 aliphatic carbocycles. The van der Waals surface area contributed by atoms with E-state index in [0.29, 0.717) is 23.1 Å². The number of benzene rings is 3. The van der Waals surface area contributed by atoms with E-state index < -0.39 is 27.6 Å². The molecule has 0 saturated heterocycles. The molecule has 0 spiro atoms. The van der Waals surface area contributed by atoms with Crippen LogP contribution in [0.1, 0.15) is 35.3 Å². The normalized spacial score (nSPS) is 13.1. The van der Waals surface area contributed by atoms with Gasteiger partial charge in [0, 0.05) is 25.7 Å². The molecule has 0 saturated carbocycles. The predicted octanol–water partition coefficient (Wildman–Crippen LogP) is 4.09. The van der Waals surface area contributed by atoms with E-state index in [4.69, 9.17) is 0 Å². The van der Waals surface area contributed by atoms with Crippen molar-refractivity contribution in [1.82, 2.24) is 9.62 Å². The number of hydrogen-bond donors (Lipinski definition) is 3. The second-order valence-electron chi connectivity index (χ2n) is 9.88. The second kappa shape index (κ2) is 11.5. The van der Waals surface area contributed by atoms with Gasteiger partial charge in [0.25, 0.3) is 0 Å². The summed E-state index contributed by atoms with van der Waals surface area (Å²) >= 11 is 0. The van der Waals surface area contributed by atoms with Crippen molar-refractivity contribution in [2.45, 2.75) is 43.7 Å². The smallest absolute Gasteiger partial charge is 0.335 e. The molecular formula is C28H33FN2O5S. The Morgan fingerprint density at radius 2 is 1.70 bits per heavy atom. The fourth-order valence-electron chi connectivity index (χ4n) is 4.02. The Bertz CT molecular complexity index is 1370. The number of rotatable bonds is 11. The van der Waals surface area contributed by atoms with E-state index in [9.17, 15) is 27.8 Å². The highest BCUT2D eigenvalue weighted by atomic mass is 32.2. The fraction of sp³-hybridized carbons (Fsp3) is 0.321. The second-order valence-corrected chi connectivity index (χ2v) is 11.9. The molecule has 198 valence electrons. The van der Waals surface area contributed by atoms with Crippen molar-refractivity contribution < 1.29 is 27.8 Å². The highest BCUT2D eigenvalue weighted by Crippen LogP contribution is 2.25. The van der Waals surface area contributed by atoms with E-state index in [2.05, 4.69) is 5.32 Å². The number of aromatic carboxylic acids is 1. The lowest BCUT2D eigenvalue weighted by Gasteiger charge is -2.29. The molecule has 0 fully saturated rings. The van der Waals surface area contributed by atoms with E-state index in [1.54, 1.807) is 37.3 Å². The van der Waals surface area contributed by atoms with Gasteiger partial charge in [-0.25, -0.2) is 17.6 Å². The van der Waals surface area contributed by atoms with Crippen molar-refractivity contribution in [2.75, 3.05) is 20.1 Å². The number of likely N-dealkylation sites (N-methyl/N-ethyl adjacent to an activating group) is 1. The van der Waals surface area contributed by atoms with Gasteiger partial charge < -0.3 is 15.5 Å². The number of β-amino-alcohol motifs (C(OH)–C–C–N with tert-alkyl or cyclic N) is 1. The lowest BCUT2D eigenvalue weighted by Crippen LogP contribution is -2.47. The summed E-state index contributed by atoms with van der Waals surface area (Å²) in [5.74, 6) is -1.33. The quantitative estimate of drug-likeness (QED) is 0.346. The highest BCUT2D eigenvalue weighted by Gasteiger charge is 2.25. The monoisotopic (exact) mass is 528 g/mol. The van der Waals surface area contributed by atoms with Gasteiger partial charge in [0.2, 0.25) is 10.0 Å². The number of sulfonamides is 1. The zero-order valence-electron chi connectivity index (χ0n) is 21.4. The summed E-state index contributed by atoms with van der Waals surface area (Å²) < 4.78 is 41.4. The van der Waals surface area contributed by atoms with Crippen LogP contribution in [0.2, 0.25) is 0 Å². The van der Waals surface area contributed by atoms with Crippen molar-refractivity contribution in [3.05, 3.63) is 89.2 Å². The minimum atomic E-state index is -3.91. The fourth-order valence-corrected chi connectivity index (χ4v) is 5.28. The van der Waals surface area contributed by atoms with Crippen molar-refractivity contribution >= 4 is 16.0 Å². The van der Waals surface area contributed by atoms with Crippen molar-refractivity contribution in [3.8, 4) is 11.1 Å². The van der Waals surface area contributed by atoms with Gasteiger partial charge in [0.15, 0.2) is 0 Å². The molecule has 0 heterocycles. The van der Waals surface area contributed by atoms with Crippen LogP contribution in [0.5, 0.6) is 0 Å². The molecule has 0 radical (unpaired) electrons. The Kier molecular flexibility index (Phi) is 8.86.